The zero-order valence-corrected chi connectivity index (χ0v) is 20.5. The molecule has 2 aromatic carbocycles. The summed E-state index contributed by atoms with van der Waals surface area (Å²) in [6.45, 7) is 10.0. The number of carboxylic acids is 1. The van der Waals surface area contributed by atoms with Gasteiger partial charge in [0.2, 0.25) is 17.7 Å². The number of rotatable bonds is 5. The summed E-state index contributed by atoms with van der Waals surface area (Å²) in [6.07, 6.45) is 2.37. The maximum absolute atomic E-state index is 12.7. The topological polar surface area (TPSA) is 107 Å². The Labute approximate surface area is 206 Å². The summed E-state index contributed by atoms with van der Waals surface area (Å²) in [5, 5.41) is 11.6. The van der Waals surface area contributed by atoms with Crippen LogP contribution in [0.25, 0.3) is 0 Å². The third kappa shape index (κ3) is 7.02. The first-order chi connectivity index (χ1) is 16.8. The van der Waals surface area contributed by atoms with Gasteiger partial charge in [-0.05, 0) is 44.0 Å². The Morgan fingerprint density at radius 3 is 2.23 bits per heavy atom. The lowest BCUT2D eigenvalue weighted by Gasteiger charge is -2.40. The molecule has 1 saturated heterocycles. The molecule has 0 atom stereocenters. The Bertz CT molecular complexity index is 1060. The van der Waals surface area contributed by atoms with Crippen LogP contribution in [0.4, 0.5) is 5.69 Å². The number of benzene rings is 2. The molecule has 0 unspecified atom stereocenters. The molecule has 2 aromatic rings. The highest BCUT2D eigenvalue weighted by molar-refractivity contribution is 6.01. The van der Waals surface area contributed by atoms with Gasteiger partial charge in [0.25, 0.3) is 0 Å². The number of hydrogen-bond donors (Lipinski definition) is 2. The van der Waals surface area contributed by atoms with Crippen molar-refractivity contribution < 1.29 is 24.3 Å². The summed E-state index contributed by atoms with van der Waals surface area (Å²) in [4.78, 5) is 50.9. The van der Waals surface area contributed by atoms with E-state index in [9.17, 15) is 19.2 Å². The largest absolute Gasteiger partial charge is 0.478 e. The molecule has 4 rings (SSSR count). The van der Waals surface area contributed by atoms with Gasteiger partial charge in [0.1, 0.15) is 12.1 Å². The van der Waals surface area contributed by atoms with E-state index >= 15 is 0 Å². The van der Waals surface area contributed by atoms with E-state index in [1.54, 1.807) is 6.07 Å². The van der Waals surface area contributed by atoms with Gasteiger partial charge in [-0.3, -0.25) is 14.4 Å². The van der Waals surface area contributed by atoms with E-state index in [0.29, 0.717) is 25.1 Å². The molecular weight excluding hydrogens is 446 g/mol. The minimum absolute atomic E-state index is 0.0624. The van der Waals surface area contributed by atoms with Crippen LogP contribution in [0.1, 0.15) is 42.6 Å². The minimum Gasteiger partial charge on any atom is -0.478 e. The number of nitrogens with one attached hydrogen (secondary N) is 1. The van der Waals surface area contributed by atoms with Crippen molar-refractivity contribution in [2.75, 3.05) is 25.0 Å². The summed E-state index contributed by atoms with van der Waals surface area (Å²) < 4.78 is 0. The van der Waals surface area contributed by atoms with Gasteiger partial charge in [-0.2, -0.15) is 0 Å². The van der Waals surface area contributed by atoms with Gasteiger partial charge in [0.15, 0.2) is 0 Å². The summed E-state index contributed by atoms with van der Waals surface area (Å²) >= 11 is 0. The monoisotopic (exact) mass is 479 g/mol. The van der Waals surface area contributed by atoms with Crippen LogP contribution in [0.15, 0.2) is 67.3 Å². The van der Waals surface area contributed by atoms with Crippen molar-refractivity contribution in [3.63, 3.8) is 0 Å². The fraction of sp³-hybridized carbons (Fsp3) is 0.333. The Morgan fingerprint density at radius 1 is 1.06 bits per heavy atom. The molecule has 186 valence electrons. The lowest BCUT2D eigenvalue weighted by atomic mass is 10.1. The van der Waals surface area contributed by atoms with Crippen molar-refractivity contribution in [3.05, 3.63) is 78.4 Å². The fourth-order valence-electron chi connectivity index (χ4n) is 3.77. The average Bonchev–Trinajstić information content (AvgIpc) is 3.65. The molecule has 35 heavy (non-hydrogen) atoms. The minimum atomic E-state index is -1.09. The van der Waals surface area contributed by atoms with Crippen LogP contribution in [-0.2, 0) is 14.4 Å². The summed E-state index contributed by atoms with van der Waals surface area (Å²) in [6, 6.07) is 16.1. The Balaban J connectivity index is 0.000000407. The van der Waals surface area contributed by atoms with Crippen molar-refractivity contribution in [3.8, 4) is 0 Å². The zero-order valence-electron chi connectivity index (χ0n) is 20.5. The van der Waals surface area contributed by atoms with Gasteiger partial charge in [-0.15, -0.1) is 0 Å². The summed E-state index contributed by atoms with van der Waals surface area (Å²) in [5.41, 5.74) is 0.909. The molecule has 8 nitrogen and oxygen atoms in total. The van der Waals surface area contributed by atoms with Crippen LogP contribution in [0.5, 0.6) is 0 Å². The van der Waals surface area contributed by atoms with E-state index in [1.165, 1.54) is 39.6 Å². The molecule has 0 bridgehead atoms. The number of anilines is 1. The number of carbonyl (C=O) groups excluding carboxylic acids is 3. The van der Waals surface area contributed by atoms with Crippen LogP contribution in [0, 0.1) is 6.92 Å². The predicted molar refractivity (Wildman–Crippen MR) is 135 cm³/mol. The molecule has 1 aliphatic carbocycles. The third-order valence-corrected chi connectivity index (χ3v) is 5.63. The fourth-order valence-corrected chi connectivity index (χ4v) is 3.77. The summed E-state index contributed by atoms with van der Waals surface area (Å²) in [7, 11) is 0. The maximum atomic E-state index is 12.7. The molecule has 8 heteroatoms. The number of carbonyl (C=O) groups is 4. The molecule has 0 radical (unpaired) electrons. The van der Waals surface area contributed by atoms with Gasteiger partial charge in [0, 0.05) is 18.8 Å². The van der Waals surface area contributed by atoms with Crippen molar-refractivity contribution >= 4 is 29.4 Å². The lowest BCUT2D eigenvalue weighted by molar-refractivity contribution is -0.152. The molecule has 2 N–H and O–H groups in total. The second-order valence-corrected chi connectivity index (χ2v) is 8.04. The first kappa shape index (κ1) is 27.3. The molecule has 2 aliphatic rings. The smallest absolute Gasteiger partial charge is 0.335 e. The standard InChI is InChI=1S/C18H19N3O5.C7H8.C2H6/c1-2-15(23)21-9-8-20(17(26)18(21)6-7-18)11-14(22)19-13-5-3-4-12(10-13)16(24)25;1-7-5-3-2-4-6-7;1-2/h2-5,10H,1,6-9,11H2,(H,19,22)(H,24,25);2-6H,1H3;1-2H3. The molecule has 1 aliphatic heterocycles. The van der Waals surface area contributed by atoms with Crippen LogP contribution in [0.2, 0.25) is 0 Å². The first-order valence-electron chi connectivity index (χ1n) is 11.6. The van der Waals surface area contributed by atoms with E-state index < -0.39 is 17.4 Å². The van der Waals surface area contributed by atoms with E-state index in [1.807, 2.05) is 32.0 Å². The molecule has 0 aromatic heterocycles. The first-order valence-corrected chi connectivity index (χ1v) is 11.6. The Morgan fingerprint density at radius 2 is 1.71 bits per heavy atom. The van der Waals surface area contributed by atoms with Gasteiger partial charge < -0.3 is 20.2 Å². The van der Waals surface area contributed by atoms with E-state index in [4.69, 9.17) is 5.11 Å². The highest BCUT2D eigenvalue weighted by Crippen LogP contribution is 2.45. The quantitative estimate of drug-likeness (QED) is 0.636. The number of hydrogen-bond acceptors (Lipinski definition) is 4. The highest BCUT2D eigenvalue weighted by atomic mass is 16.4. The number of aromatic carboxylic acids is 1. The molecule has 1 spiro atoms. The normalized spacial score (nSPS) is 15.1. The van der Waals surface area contributed by atoms with Crippen molar-refractivity contribution in [2.24, 2.45) is 0 Å². The number of amides is 3. The van der Waals surface area contributed by atoms with Gasteiger partial charge in [0.05, 0.1) is 5.56 Å². The lowest BCUT2D eigenvalue weighted by Crippen LogP contribution is -2.61. The molecular formula is C27H33N3O5. The van der Waals surface area contributed by atoms with Crippen molar-refractivity contribution in [1.82, 2.24) is 9.80 Å². The van der Waals surface area contributed by atoms with Crippen molar-refractivity contribution in [2.45, 2.75) is 39.2 Å². The number of nitrogens with zero attached hydrogens (tertiary/aromatic N) is 2. The third-order valence-electron chi connectivity index (χ3n) is 5.63. The molecule has 2 fully saturated rings. The van der Waals surface area contributed by atoms with Gasteiger partial charge in [-0.1, -0.05) is 62.4 Å². The van der Waals surface area contributed by atoms with Gasteiger partial charge in [-0.25, -0.2) is 4.79 Å². The van der Waals surface area contributed by atoms with Crippen LogP contribution < -0.4 is 5.32 Å². The summed E-state index contributed by atoms with van der Waals surface area (Å²) in [5.74, 6) is -2.01. The van der Waals surface area contributed by atoms with E-state index in [2.05, 4.69) is 31.0 Å². The SMILES string of the molecule is C=CC(=O)N1CCN(CC(=O)Nc2cccc(C(=O)O)c2)C(=O)C12CC2.CC.Cc1ccccc1. The Hall–Kier alpha value is -3.94. The second kappa shape index (κ2) is 12.5. The van der Waals surface area contributed by atoms with Crippen LogP contribution in [0.3, 0.4) is 0 Å². The maximum Gasteiger partial charge on any atom is 0.335 e. The zero-order chi connectivity index (χ0) is 26.0. The Kier molecular flexibility index (Phi) is 9.75. The van der Waals surface area contributed by atoms with Crippen LogP contribution >= 0.6 is 0 Å². The molecule has 1 heterocycles. The van der Waals surface area contributed by atoms with E-state index in [0.717, 1.165) is 0 Å². The highest BCUT2D eigenvalue weighted by Gasteiger charge is 2.59. The van der Waals surface area contributed by atoms with Crippen molar-refractivity contribution in [1.29, 1.82) is 0 Å². The van der Waals surface area contributed by atoms with Gasteiger partial charge >= 0.3 is 5.97 Å². The van der Waals surface area contributed by atoms with E-state index in [-0.39, 0.29) is 30.5 Å². The van der Waals surface area contributed by atoms with Crippen LogP contribution in [-0.4, -0.2) is 63.8 Å². The molecule has 1 saturated carbocycles. The number of piperazine rings is 1. The molecule has 3 amide bonds. The second-order valence-electron chi connectivity index (χ2n) is 8.04. The number of carboxylic acid groups (broad SMARTS) is 1. The predicted octanol–water partition coefficient (Wildman–Crippen LogP) is 3.73. The average molecular weight is 480 g/mol. The number of aryl methyl sites for hydroxylation is 1.